The number of benzene rings is 1. The average molecular weight is 486 g/mol. The largest absolute Gasteiger partial charge is 0.491 e. The molecule has 0 N–H and O–H groups in total. The van der Waals surface area contributed by atoms with Gasteiger partial charge in [-0.3, -0.25) is 14.4 Å². The van der Waals surface area contributed by atoms with Gasteiger partial charge in [0.2, 0.25) is 11.8 Å². The zero-order chi connectivity index (χ0) is 24.9. The molecule has 0 spiro atoms. The van der Waals surface area contributed by atoms with Gasteiger partial charge in [-0.25, -0.2) is 9.18 Å². The van der Waals surface area contributed by atoms with Gasteiger partial charge in [0, 0.05) is 50.8 Å². The van der Waals surface area contributed by atoms with E-state index in [1.54, 1.807) is 21.9 Å². The van der Waals surface area contributed by atoms with Crippen LogP contribution in [0.3, 0.4) is 0 Å². The van der Waals surface area contributed by atoms with Crippen molar-refractivity contribution in [2.45, 2.75) is 32.2 Å². The average Bonchev–Trinajstić information content (AvgIpc) is 3.11. The highest BCUT2D eigenvalue weighted by Crippen LogP contribution is 2.24. The Morgan fingerprint density at radius 2 is 1.80 bits per heavy atom. The second kappa shape index (κ2) is 10.7. The number of rotatable bonds is 7. The molecule has 0 radical (unpaired) electrons. The summed E-state index contributed by atoms with van der Waals surface area (Å²) in [5, 5.41) is 0. The van der Waals surface area contributed by atoms with Crippen LogP contribution in [0.2, 0.25) is 0 Å². The molecule has 1 fully saturated rings. The molecule has 2 aromatic rings. The molecule has 2 aliphatic heterocycles. The third kappa shape index (κ3) is 5.52. The van der Waals surface area contributed by atoms with Gasteiger partial charge in [0.15, 0.2) is 0 Å². The van der Waals surface area contributed by atoms with Crippen LogP contribution in [0, 0.1) is 5.82 Å². The number of carbonyl (C=O) groups excluding carboxylic acids is 3. The van der Waals surface area contributed by atoms with Crippen molar-refractivity contribution in [3.8, 4) is 5.75 Å². The van der Waals surface area contributed by atoms with Gasteiger partial charge in [-0.2, -0.15) is 0 Å². The first kappa shape index (κ1) is 24.4. The smallest absolute Gasteiger partial charge is 0.343 e. The first-order valence-corrected chi connectivity index (χ1v) is 11.6. The Balaban J connectivity index is 1.51. The van der Waals surface area contributed by atoms with Crippen molar-refractivity contribution in [3.05, 3.63) is 63.3 Å². The number of esters is 1. The highest BCUT2D eigenvalue weighted by molar-refractivity contribution is 5.93. The molecule has 4 rings (SSSR count). The minimum Gasteiger partial charge on any atom is -0.491 e. The zero-order valence-electron chi connectivity index (χ0n) is 19.6. The lowest BCUT2D eigenvalue weighted by molar-refractivity contribution is -0.130. The maximum atomic E-state index is 13.2. The summed E-state index contributed by atoms with van der Waals surface area (Å²) in [5.41, 5.74) is 0.965. The van der Waals surface area contributed by atoms with Crippen LogP contribution in [-0.4, -0.2) is 72.0 Å². The Morgan fingerprint density at radius 3 is 2.49 bits per heavy atom. The topological polar surface area (TPSA) is 98.2 Å². The molecule has 1 aromatic carbocycles. The Kier molecular flexibility index (Phi) is 7.48. The molecular formula is C25H28FN3O6. The number of amides is 2. The molecule has 0 unspecified atom stereocenters. The Morgan fingerprint density at radius 1 is 1.03 bits per heavy atom. The molecule has 0 aliphatic carbocycles. The molecule has 1 aromatic heterocycles. The van der Waals surface area contributed by atoms with E-state index in [9.17, 15) is 23.6 Å². The molecule has 10 heteroatoms. The highest BCUT2D eigenvalue weighted by atomic mass is 19.1. The van der Waals surface area contributed by atoms with Gasteiger partial charge in [-0.1, -0.05) is 12.1 Å². The van der Waals surface area contributed by atoms with E-state index in [0.29, 0.717) is 43.9 Å². The molecule has 2 aliphatic rings. The fourth-order valence-corrected chi connectivity index (χ4v) is 4.53. The summed E-state index contributed by atoms with van der Waals surface area (Å²) >= 11 is 0. The Bertz CT molecular complexity index is 1180. The van der Waals surface area contributed by atoms with E-state index < -0.39 is 5.97 Å². The summed E-state index contributed by atoms with van der Waals surface area (Å²) in [5.74, 6) is -0.970. The number of pyridine rings is 1. The van der Waals surface area contributed by atoms with Crippen LogP contribution in [0.5, 0.6) is 5.75 Å². The van der Waals surface area contributed by atoms with Gasteiger partial charge in [-0.05, 0) is 24.1 Å². The highest BCUT2D eigenvalue weighted by Gasteiger charge is 2.28. The van der Waals surface area contributed by atoms with Gasteiger partial charge in [0.25, 0.3) is 5.56 Å². The number of likely N-dealkylation sites (tertiary alicyclic amines) is 1. The van der Waals surface area contributed by atoms with Gasteiger partial charge in [0.05, 0.1) is 20.1 Å². The number of carbonyl (C=O) groups is 3. The van der Waals surface area contributed by atoms with Gasteiger partial charge >= 0.3 is 5.97 Å². The lowest BCUT2D eigenvalue weighted by Crippen LogP contribution is -2.35. The normalized spacial score (nSPS) is 15.5. The number of halogens is 1. The number of fused-ring (bicyclic) bond motifs is 1. The lowest BCUT2D eigenvalue weighted by atomic mass is 10.1. The van der Waals surface area contributed by atoms with Crippen LogP contribution in [0.4, 0.5) is 4.39 Å². The Labute approximate surface area is 202 Å². The van der Waals surface area contributed by atoms with Crippen LogP contribution < -0.4 is 10.3 Å². The summed E-state index contributed by atoms with van der Waals surface area (Å²) < 4.78 is 25.4. The van der Waals surface area contributed by atoms with Gasteiger partial charge in [-0.15, -0.1) is 0 Å². The van der Waals surface area contributed by atoms with E-state index >= 15 is 0 Å². The predicted octanol–water partition coefficient (Wildman–Crippen LogP) is 1.40. The molecule has 0 saturated carbocycles. The van der Waals surface area contributed by atoms with Crippen molar-refractivity contribution < 1.29 is 28.2 Å². The first-order chi connectivity index (χ1) is 16.9. The van der Waals surface area contributed by atoms with Crippen molar-refractivity contribution in [1.82, 2.24) is 14.4 Å². The summed E-state index contributed by atoms with van der Waals surface area (Å²) in [6.45, 7) is 1.99. The number of ether oxygens (including phenoxy) is 2. The van der Waals surface area contributed by atoms with E-state index in [4.69, 9.17) is 9.47 Å². The number of nitrogens with zero attached hydrogens (tertiary/aromatic N) is 3. The molecule has 9 nitrogen and oxygen atoms in total. The summed E-state index contributed by atoms with van der Waals surface area (Å²) in [4.78, 5) is 53.6. The van der Waals surface area contributed by atoms with E-state index in [1.807, 2.05) is 0 Å². The Hall–Kier alpha value is -3.69. The molecule has 186 valence electrons. The molecule has 2 amide bonds. The van der Waals surface area contributed by atoms with Gasteiger partial charge in [0.1, 0.15) is 23.7 Å². The summed E-state index contributed by atoms with van der Waals surface area (Å²) in [6.07, 6.45) is 1.70. The van der Waals surface area contributed by atoms with Crippen molar-refractivity contribution in [1.29, 1.82) is 0 Å². The molecule has 1 saturated heterocycles. The quantitative estimate of drug-likeness (QED) is 0.550. The third-order valence-corrected chi connectivity index (χ3v) is 6.39. The minimum absolute atomic E-state index is 0.0641. The van der Waals surface area contributed by atoms with Crippen LogP contribution in [0.15, 0.2) is 35.1 Å². The molecule has 0 bridgehead atoms. The molecule has 35 heavy (non-hydrogen) atoms. The molecule has 0 atom stereocenters. The maximum absolute atomic E-state index is 13.2. The number of methoxy groups -OCH3 is 1. The standard InChI is InChI=1S/C25H28FN3O6/c1-34-25(33)24-19-8-10-28(22(31)15-17-4-6-18(26)7-5-17)11-12-29(19)23(32)16-20(24)35-14-13-27-9-2-3-21(27)30/h4-7,16H,2-3,8-15H2,1H3. The van der Waals surface area contributed by atoms with Crippen molar-refractivity contribution in [3.63, 3.8) is 0 Å². The number of hydrogen-bond acceptors (Lipinski definition) is 6. The lowest BCUT2D eigenvalue weighted by Gasteiger charge is -2.20. The van der Waals surface area contributed by atoms with Crippen LogP contribution >= 0.6 is 0 Å². The predicted molar refractivity (Wildman–Crippen MR) is 124 cm³/mol. The van der Waals surface area contributed by atoms with Crippen LogP contribution in [0.1, 0.15) is 34.5 Å². The minimum atomic E-state index is -0.632. The monoisotopic (exact) mass is 485 g/mol. The molecular weight excluding hydrogens is 457 g/mol. The van der Waals surface area contributed by atoms with Crippen LogP contribution in [-0.2, 0) is 33.7 Å². The van der Waals surface area contributed by atoms with E-state index in [2.05, 4.69) is 0 Å². The second-order valence-electron chi connectivity index (χ2n) is 8.58. The molecule has 3 heterocycles. The third-order valence-electron chi connectivity index (χ3n) is 6.39. The number of aromatic nitrogens is 1. The number of hydrogen-bond donors (Lipinski definition) is 0. The fraction of sp³-hybridized carbons (Fsp3) is 0.440. The van der Waals surface area contributed by atoms with Crippen LogP contribution in [0.25, 0.3) is 0 Å². The maximum Gasteiger partial charge on any atom is 0.343 e. The van der Waals surface area contributed by atoms with Gasteiger partial charge < -0.3 is 23.8 Å². The van der Waals surface area contributed by atoms with Crippen molar-refractivity contribution in [2.75, 3.05) is 39.9 Å². The summed E-state index contributed by atoms with van der Waals surface area (Å²) in [7, 11) is 1.26. The fourth-order valence-electron chi connectivity index (χ4n) is 4.53. The summed E-state index contributed by atoms with van der Waals surface area (Å²) in [6, 6.07) is 7.02. The van der Waals surface area contributed by atoms with E-state index in [1.165, 1.54) is 29.9 Å². The van der Waals surface area contributed by atoms with E-state index in [-0.39, 0.29) is 60.5 Å². The van der Waals surface area contributed by atoms with E-state index in [0.717, 1.165) is 6.42 Å². The zero-order valence-corrected chi connectivity index (χ0v) is 19.6. The van der Waals surface area contributed by atoms with Crippen molar-refractivity contribution in [2.24, 2.45) is 0 Å². The SMILES string of the molecule is COC(=O)c1c(OCCN2CCCC2=O)cc(=O)n2c1CCN(C(=O)Cc1ccc(F)cc1)CC2. The van der Waals surface area contributed by atoms with Crippen molar-refractivity contribution >= 4 is 17.8 Å². The second-order valence-corrected chi connectivity index (χ2v) is 8.58. The first-order valence-electron chi connectivity index (χ1n) is 11.6.